The van der Waals surface area contributed by atoms with E-state index in [0.29, 0.717) is 5.41 Å². The van der Waals surface area contributed by atoms with Crippen LogP contribution in [-0.4, -0.2) is 4.98 Å². The maximum atomic E-state index is 4.24. The van der Waals surface area contributed by atoms with Crippen molar-refractivity contribution in [1.82, 2.24) is 4.98 Å². The summed E-state index contributed by atoms with van der Waals surface area (Å²) in [6.45, 7) is 9.02. The Balaban J connectivity index is 2.13. The number of nitrogens with zero attached hydrogens (tertiary/aromatic N) is 1. The van der Waals surface area contributed by atoms with Crippen molar-refractivity contribution in [1.29, 1.82) is 0 Å². The zero-order valence-electron chi connectivity index (χ0n) is 14.2. The summed E-state index contributed by atoms with van der Waals surface area (Å²) in [5.74, 6) is 0. The van der Waals surface area contributed by atoms with Gasteiger partial charge in [-0.3, -0.25) is 4.98 Å². The first kappa shape index (κ1) is 17.0. The van der Waals surface area contributed by atoms with E-state index in [0.717, 1.165) is 5.69 Å². The first-order valence-electron chi connectivity index (χ1n) is 8.28. The van der Waals surface area contributed by atoms with Crippen LogP contribution in [0.25, 0.3) is 12.2 Å². The van der Waals surface area contributed by atoms with Gasteiger partial charge in [0, 0.05) is 27.1 Å². The first-order chi connectivity index (χ1) is 10.6. The van der Waals surface area contributed by atoms with E-state index in [1.807, 2.05) is 24.5 Å². The van der Waals surface area contributed by atoms with Crippen LogP contribution in [0.5, 0.6) is 0 Å². The molecule has 0 aliphatic heterocycles. The second-order valence-electron chi connectivity index (χ2n) is 6.28. The molecule has 2 aromatic rings. The molecule has 1 nitrogen and oxygen atoms in total. The summed E-state index contributed by atoms with van der Waals surface area (Å²) >= 11 is 1.94. The van der Waals surface area contributed by atoms with E-state index in [9.17, 15) is 0 Å². The van der Waals surface area contributed by atoms with Crippen LogP contribution in [0, 0.1) is 6.92 Å². The minimum atomic E-state index is 0.333. The number of unbranched alkanes of at least 4 members (excludes halogenated alkanes) is 1. The highest BCUT2D eigenvalue weighted by Gasteiger charge is 2.25. The third-order valence-corrected chi connectivity index (χ3v) is 5.80. The fourth-order valence-corrected chi connectivity index (χ4v) is 3.81. The lowest BCUT2D eigenvalue weighted by atomic mass is 9.81. The van der Waals surface area contributed by atoms with E-state index in [-0.39, 0.29) is 0 Å². The van der Waals surface area contributed by atoms with E-state index in [1.54, 1.807) is 0 Å². The number of hydrogen-bond donors (Lipinski definition) is 0. The van der Waals surface area contributed by atoms with Gasteiger partial charge in [0.25, 0.3) is 0 Å². The van der Waals surface area contributed by atoms with Crippen LogP contribution in [0.2, 0.25) is 0 Å². The van der Waals surface area contributed by atoms with Crippen molar-refractivity contribution < 1.29 is 0 Å². The summed E-state index contributed by atoms with van der Waals surface area (Å²) in [6, 6.07) is 8.74. The van der Waals surface area contributed by atoms with Crippen LogP contribution in [0.15, 0.2) is 30.5 Å². The number of rotatable bonds is 7. The van der Waals surface area contributed by atoms with E-state index in [1.165, 1.54) is 41.0 Å². The van der Waals surface area contributed by atoms with Crippen LogP contribution in [-0.2, 0) is 5.41 Å². The molecule has 0 fully saturated rings. The molecule has 2 aromatic heterocycles. The highest BCUT2D eigenvalue weighted by molar-refractivity contribution is 7.13. The van der Waals surface area contributed by atoms with Gasteiger partial charge >= 0.3 is 0 Å². The molecule has 2 heterocycles. The van der Waals surface area contributed by atoms with Gasteiger partial charge in [0.2, 0.25) is 0 Å². The predicted octanol–water partition coefficient (Wildman–Crippen LogP) is 6.48. The van der Waals surface area contributed by atoms with E-state index in [2.05, 4.69) is 62.2 Å². The van der Waals surface area contributed by atoms with Gasteiger partial charge in [-0.2, -0.15) is 0 Å². The Morgan fingerprint density at radius 2 is 2.00 bits per heavy atom. The molecule has 0 aromatic carbocycles. The van der Waals surface area contributed by atoms with Gasteiger partial charge in [0.15, 0.2) is 0 Å². The highest BCUT2D eigenvalue weighted by Crippen LogP contribution is 2.37. The van der Waals surface area contributed by atoms with Crippen molar-refractivity contribution in [2.24, 2.45) is 0 Å². The molecule has 0 bridgehead atoms. The molecule has 2 rings (SSSR count). The normalized spacial score (nSPS) is 14.4. The lowest BCUT2D eigenvalue weighted by Crippen LogP contribution is -2.18. The number of aromatic nitrogens is 1. The fourth-order valence-electron chi connectivity index (χ4n) is 2.66. The largest absolute Gasteiger partial charge is 0.262 e. The summed E-state index contributed by atoms with van der Waals surface area (Å²) in [7, 11) is 0. The Hall–Kier alpha value is -1.41. The maximum Gasteiger partial charge on any atom is 0.0378 e. The zero-order valence-corrected chi connectivity index (χ0v) is 15.0. The molecular weight excluding hydrogens is 286 g/mol. The fraction of sp³-hybridized carbons (Fsp3) is 0.450. The van der Waals surface area contributed by atoms with Gasteiger partial charge < -0.3 is 0 Å². The van der Waals surface area contributed by atoms with E-state index in [4.69, 9.17) is 0 Å². The van der Waals surface area contributed by atoms with E-state index >= 15 is 0 Å². The first-order valence-corrected chi connectivity index (χ1v) is 9.10. The minimum absolute atomic E-state index is 0.333. The van der Waals surface area contributed by atoms with Gasteiger partial charge in [-0.05, 0) is 55.7 Å². The Bertz CT molecular complexity index is 626. The molecule has 0 aliphatic carbocycles. The molecule has 118 valence electrons. The summed E-state index contributed by atoms with van der Waals surface area (Å²) < 4.78 is 0. The molecule has 0 aliphatic rings. The van der Waals surface area contributed by atoms with Crippen LogP contribution < -0.4 is 0 Å². The zero-order chi connectivity index (χ0) is 16.0. The lowest BCUT2D eigenvalue weighted by molar-refractivity contribution is 0.411. The molecule has 1 atom stereocenters. The van der Waals surface area contributed by atoms with Crippen molar-refractivity contribution >= 4 is 23.5 Å². The highest BCUT2D eigenvalue weighted by atomic mass is 32.1. The SMILES string of the molecule is CCCCC(C)(CC)c1ccc(C=Cc2ccnc(C)c2)s1. The number of thiophene rings is 1. The molecule has 1 unspecified atom stereocenters. The Morgan fingerprint density at radius 1 is 1.18 bits per heavy atom. The van der Waals surface area contributed by atoms with Gasteiger partial charge in [0.05, 0.1) is 0 Å². The lowest BCUT2D eigenvalue weighted by Gasteiger charge is -2.27. The molecule has 0 saturated heterocycles. The van der Waals surface area contributed by atoms with Gasteiger partial charge in [0.1, 0.15) is 0 Å². The molecule has 22 heavy (non-hydrogen) atoms. The van der Waals surface area contributed by atoms with Gasteiger partial charge in [-0.1, -0.05) is 39.7 Å². The second kappa shape index (κ2) is 7.73. The predicted molar refractivity (Wildman–Crippen MR) is 99.4 cm³/mol. The smallest absolute Gasteiger partial charge is 0.0378 e. The summed E-state index contributed by atoms with van der Waals surface area (Å²) in [5.41, 5.74) is 2.61. The molecule has 0 spiro atoms. The standard InChI is InChI=1S/C20H27NS/c1-5-7-13-20(4,6-2)19-11-10-18(22-19)9-8-17-12-14-21-16(3)15-17/h8-12,14-15H,5-7,13H2,1-4H3. The third-order valence-electron chi connectivity index (χ3n) is 4.44. The average Bonchev–Trinajstić information content (AvgIpc) is 3.00. The molecular formula is C20H27NS. The summed E-state index contributed by atoms with van der Waals surface area (Å²) in [6.07, 6.45) is 11.3. The van der Waals surface area contributed by atoms with Crippen molar-refractivity contribution in [2.45, 2.75) is 58.8 Å². The number of aryl methyl sites for hydroxylation is 1. The number of hydrogen-bond acceptors (Lipinski definition) is 2. The van der Waals surface area contributed by atoms with E-state index < -0.39 is 0 Å². The van der Waals surface area contributed by atoms with Crippen LogP contribution in [0.4, 0.5) is 0 Å². The second-order valence-corrected chi connectivity index (χ2v) is 7.40. The van der Waals surface area contributed by atoms with Crippen molar-refractivity contribution in [3.05, 3.63) is 51.5 Å². The van der Waals surface area contributed by atoms with Crippen molar-refractivity contribution in [3.63, 3.8) is 0 Å². The van der Waals surface area contributed by atoms with Crippen molar-refractivity contribution in [3.8, 4) is 0 Å². The van der Waals surface area contributed by atoms with Crippen molar-refractivity contribution in [2.75, 3.05) is 0 Å². The Kier molecular flexibility index (Phi) is 5.96. The Labute approximate surface area is 139 Å². The van der Waals surface area contributed by atoms with Crippen LogP contribution in [0.1, 0.15) is 67.5 Å². The molecule has 0 radical (unpaired) electrons. The minimum Gasteiger partial charge on any atom is -0.262 e. The number of pyridine rings is 1. The van der Waals surface area contributed by atoms with Crippen LogP contribution >= 0.6 is 11.3 Å². The monoisotopic (exact) mass is 313 g/mol. The van der Waals surface area contributed by atoms with Crippen LogP contribution in [0.3, 0.4) is 0 Å². The Morgan fingerprint density at radius 3 is 2.68 bits per heavy atom. The van der Waals surface area contributed by atoms with Gasteiger partial charge in [-0.15, -0.1) is 11.3 Å². The third kappa shape index (κ3) is 4.30. The maximum absolute atomic E-state index is 4.24. The molecule has 0 amide bonds. The topological polar surface area (TPSA) is 12.9 Å². The molecule has 0 N–H and O–H groups in total. The van der Waals surface area contributed by atoms with Gasteiger partial charge in [-0.25, -0.2) is 0 Å². The average molecular weight is 314 g/mol. The molecule has 0 saturated carbocycles. The molecule has 2 heteroatoms. The summed E-state index contributed by atoms with van der Waals surface area (Å²) in [4.78, 5) is 7.10. The quantitative estimate of drug-likeness (QED) is 0.570. The summed E-state index contributed by atoms with van der Waals surface area (Å²) in [5, 5.41) is 0.